The zero-order chi connectivity index (χ0) is 7.56. The van der Waals surface area contributed by atoms with Crippen molar-refractivity contribution in [1.82, 2.24) is 4.57 Å². The topological polar surface area (TPSA) is 22.0 Å². The van der Waals surface area contributed by atoms with Crippen molar-refractivity contribution in [3.63, 3.8) is 0 Å². The Balaban J connectivity index is 2.92. The average Bonchev–Trinajstić information content (AvgIpc) is 2.34. The van der Waals surface area contributed by atoms with Crippen LogP contribution in [-0.2, 0) is 11.8 Å². The van der Waals surface area contributed by atoms with E-state index >= 15 is 0 Å². The van der Waals surface area contributed by atoms with Crippen LogP contribution >= 0.6 is 0 Å². The second-order valence-corrected chi connectivity index (χ2v) is 2.38. The van der Waals surface area contributed by atoms with E-state index in [0.29, 0.717) is 0 Å². The van der Waals surface area contributed by atoms with Gasteiger partial charge in [0.2, 0.25) is 6.29 Å². The highest BCUT2D eigenvalue weighted by Gasteiger charge is 2.06. The van der Waals surface area contributed by atoms with Crippen molar-refractivity contribution in [2.24, 2.45) is 7.05 Å². The molecule has 0 spiro atoms. The van der Waals surface area contributed by atoms with Crippen LogP contribution in [0.15, 0.2) is 18.3 Å². The summed E-state index contributed by atoms with van der Waals surface area (Å²) < 4.78 is 1.93. The van der Waals surface area contributed by atoms with E-state index in [9.17, 15) is 4.79 Å². The maximum atomic E-state index is 10.2. The van der Waals surface area contributed by atoms with E-state index in [0.717, 1.165) is 5.69 Å². The number of hydrogen-bond acceptors (Lipinski definition) is 1. The van der Waals surface area contributed by atoms with E-state index in [-0.39, 0.29) is 5.92 Å². The zero-order valence-electron chi connectivity index (χ0n) is 6.16. The van der Waals surface area contributed by atoms with Gasteiger partial charge in [0.1, 0.15) is 0 Å². The Bertz CT molecular complexity index is 227. The molecule has 1 aromatic heterocycles. The fourth-order valence-electron chi connectivity index (χ4n) is 0.985. The minimum atomic E-state index is -0.111. The molecule has 0 aliphatic carbocycles. The first-order chi connectivity index (χ1) is 4.75. The Morgan fingerprint density at radius 2 is 2.40 bits per heavy atom. The van der Waals surface area contributed by atoms with E-state index in [1.807, 2.05) is 43.2 Å². The minimum Gasteiger partial charge on any atom is -0.354 e. The van der Waals surface area contributed by atoms with Gasteiger partial charge in [0.05, 0.1) is 5.92 Å². The van der Waals surface area contributed by atoms with Crippen LogP contribution < -0.4 is 0 Å². The molecule has 0 aromatic carbocycles. The number of carbonyl (C=O) groups excluding carboxylic acids is 1. The highest BCUT2D eigenvalue weighted by atomic mass is 16.1. The quantitative estimate of drug-likeness (QED) is 0.599. The second-order valence-electron chi connectivity index (χ2n) is 2.38. The molecule has 1 unspecified atom stereocenters. The molecule has 0 aliphatic heterocycles. The summed E-state index contributed by atoms with van der Waals surface area (Å²) in [7, 11) is 1.92. The van der Waals surface area contributed by atoms with E-state index in [2.05, 4.69) is 0 Å². The number of aryl methyl sites for hydroxylation is 1. The van der Waals surface area contributed by atoms with Crippen molar-refractivity contribution in [3.8, 4) is 0 Å². The van der Waals surface area contributed by atoms with Gasteiger partial charge in [-0.05, 0) is 19.1 Å². The Morgan fingerprint density at radius 3 is 2.80 bits per heavy atom. The Labute approximate surface area is 60.5 Å². The molecule has 2 heteroatoms. The Morgan fingerprint density at radius 1 is 1.70 bits per heavy atom. The molecule has 1 heterocycles. The summed E-state index contributed by atoms with van der Waals surface area (Å²) in [5.74, 6) is -0.111. The Kier molecular flexibility index (Phi) is 1.90. The van der Waals surface area contributed by atoms with E-state index in [1.54, 1.807) is 0 Å². The van der Waals surface area contributed by atoms with Gasteiger partial charge in [-0.2, -0.15) is 0 Å². The monoisotopic (exact) mass is 136 g/mol. The predicted octanol–water partition coefficient (Wildman–Crippen LogP) is 1.24. The van der Waals surface area contributed by atoms with Crippen LogP contribution in [0.3, 0.4) is 0 Å². The van der Waals surface area contributed by atoms with Gasteiger partial charge in [-0.25, -0.2) is 0 Å². The molecule has 0 amide bonds. The lowest BCUT2D eigenvalue weighted by molar-refractivity contribution is 0.543. The number of hydrogen-bond donors (Lipinski definition) is 0. The van der Waals surface area contributed by atoms with E-state index in [1.165, 1.54) is 0 Å². The molecule has 0 saturated heterocycles. The molecule has 1 atom stereocenters. The molecule has 10 heavy (non-hydrogen) atoms. The summed E-state index contributed by atoms with van der Waals surface area (Å²) in [6, 6.07) is 3.85. The molecule has 0 saturated carbocycles. The number of aromatic nitrogens is 1. The summed E-state index contributed by atoms with van der Waals surface area (Å²) in [5, 5.41) is 0. The molecule has 0 fully saturated rings. The van der Waals surface area contributed by atoms with Crippen LogP contribution in [0.25, 0.3) is 0 Å². The highest BCUT2D eigenvalue weighted by molar-refractivity contribution is 5.61. The van der Waals surface area contributed by atoms with Crippen molar-refractivity contribution in [2.45, 2.75) is 12.8 Å². The van der Waals surface area contributed by atoms with Gasteiger partial charge in [0.15, 0.2) is 0 Å². The SMILES string of the molecule is CC([C]=O)c1cccn1C. The zero-order valence-corrected chi connectivity index (χ0v) is 6.16. The summed E-state index contributed by atoms with van der Waals surface area (Å²) in [4.78, 5) is 10.2. The summed E-state index contributed by atoms with van der Waals surface area (Å²) >= 11 is 0. The van der Waals surface area contributed by atoms with Gasteiger partial charge in [-0.15, -0.1) is 0 Å². The first-order valence-corrected chi connectivity index (χ1v) is 3.24. The summed E-state index contributed by atoms with van der Waals surface area (Å²) in [6.07, 6.45) is 3.86. The van der Waals surface area contributed by atoms with Gasteiger partial charge < -0.3 is 4.57 Å². The number of rotatable bonds is 2. The molecule has 0 aliphatic rings. The lowest BCUT2D eigenvalue weighted by Gasteiger charge is -2.02. The average molecular weight is 136 g/mol. The summed E-state index contributed by atoms with van der Waals surface area (Å²) in [6.45, 7) is 1.84. The van der Waals surface area contributed by atoms with Crippen LogP contribution in [0.1, 0.15) is 18.5 Å². The molecule has 1 aromatic rings. The summed E-state index contributed by atoms with van der Waals surface area (Å²) in [5.41, 5.74) is 1.01. The third-order valence-electron chi connectivity index (χ3n) is 1.60. The fourth-order valence-corrected chi connectivity index (χ4v) is 0.985. The van der Waals surface area contributed by atoms with Gasteiger partial charge in [0, 0.05) is 18.9 Å². The van der Waals surface area contributed by atoms with E-state index in [4.69, 9.17) is 0 Å². The fraction of sp³-hybridized carbons (Fsp3) is 0.375. The largest absolute Gasteiger partial charge is 0.354 e. The van der Waals surface area contributed by atoms with Crippen molar-refractivity contribution in [1.29, 1.82) is 0 Å². The number of nitrogens with zero attached hydrogens (tertiary/aromatic N) is 1. The normalized spacial score (nSPS) is 13.0. The van der Waals surface area contributed by atoms with Gasteiger partial charge in [-0.1, -0.05) is 0 Å². The lowest BCUT2D eigenvalue weighted by Crippen LogP contribution is -2.00. The van der Waals surface area contributed by atoms with Crippen molar-refractivity contribution >= 4 is 6.29 Å². The molecule has 0 bridgehead atoms. The molecule has 1 radical (unpaired) electrons. The van der Waals surface area contributed by atoms with Crippen molar-refractivity contribution < 1.29 is 4.79 Å². The van der Waals surface area contributed by atoms with Crippen molar-refractivity contribution in [3.05, 3.63) is 24.0 Å². The van der Waals surface area contributed by atoms with Crippen LogP contribution in [0, 0.1) is 0 Å². The van der Waals surface area contributed by atoms with Crippen molar-refractivity contribution in [2.75, 3.05) is 0 Å². The molecule has 53 valence electrons. The molecule has 1 rings (SSSR count). The third kappa shape index (κ3) is 1.10. The van der Waals surface area contributed by atoms with Crippen LogP contribution in [0.2, 0.25) is 0 Å². The Hall–Kier alpha value is -1.05. The van der Waals surface area contributed by atoms with Crippen LogP contribution in [-0.4, -0.2) is 10.9 Å². The standard InChI is InChI=1S/C8H10NO/c1-7(6-10)8-4-3-5-9(8)2/h3-5,7H,1-2H3. The van der Waals surface area contributed by atoms with E-state index < -0.39 is 0 Å². The highest BCUT2D eigenvalue weighted by Crippen LogP contribution is 2.11. The van der Waals surface area contributed by atoms with Crippen LogP contribution in [0.5, 0.6) is 0 Å². The van der Waals surface area contributed by atoms with Crippen LogP contribution in [0.4, 0.5) is 0 Å². The molecular formula is C8H10NO. The molecule has 0 N–H and O–H groups in total. The van der Waals surface area contributed by atoms with Gasteiger partial charge in [-0.3, -0.25) is 4.79 Å². The lowest BCUT2D eigenvalue weighted by atomic mass is 10.1. The van der Waals surface area contributed by atoms with Gasteiger partial charge in [0.25, 0.3) is 0 Å². The smallest absolute Gasteiger partial charge is 0.207 e. The minimum absolute atomic E-state index is 0.111. The predicted molar refractivity (Wildman–Crippen MR) is 39.5 cm³/mol. The third-order valence-corrected chi connectivity index (χ3v) is 1.60. The van der Waals surface area contributed by atoms with Gasteiger partial charge >= 0.3 is 0 Å². The first-order valence-electron chi connectivity index (χ1n) is 3.24. The second kappa shape index (κ2) is 2.69. The maximum absolute atomic E-state index is 10.2. The molecule has 2 nitrogen and oxygen atoms in total. The maximum Gasteiger partial charge on any atom is 0.207 e. The molecular weight excluding hydrogens is 126 g/mol. The first kappa shape index (κ1) is 7.06.